The first-order valence-corrected chi connectivity index (χ1v) is 13.3. The molecule has 1 aliphatic carbocycles. The third-order valence-electron chi connectivity index (χ3n) is 5.30. The Bertz CT molecular complexity index is 1360. The summed E-state index contributed by atoms with van der Waals surface area (Å²) in [6.45, 7) is -0.0211. The lowest BCUT2D eigenvalue weighted by Gasteiger charge is -2.21. The maximum atomic E-state index is 13.1. The van der Waals surface area contributed by atoms with E-state index in [-0.39, 0.29) is 33.1 Å². The molecule has 4 rings (SSSR count). The molecule has 0 saturated heterocycles. The molecule has 0 bridgehead atoms. The minimum atomic E-state index is -3.85. The molecule has 1 aliphatic heterocycles. The molecular weight excluding hydrogens is 517 g/mol. The van der Waals surface area contributed by atoms with Gasteiger partial charge >= 0.3 is 0 Å². The van der Waals surface area contributed by atoms with Crippen LogP contribution in [-0.2, 0) is 21.3 Å². The number of rotatable bonds is 6. The van der Waals surface area contributed by atoms with Gasteiger partial charge in [0.2, 0.25) is 10.0 Å². The number of amides is 1. The quantitative estimate of drug-likeness (QED) is 0.489. The third-order valence-corrected chi connectivity index (χ3v) is 9.01. The molecule has 1 aromatic carbocycles. The molecule has 1 amide bonds. The fraction of sp³-hybridized carbons (Fsp3) is 0.174. The van der Waals surface area contributed by atoms with E-state index >= 15 is 0 Å². The first-order valence-electron chi connectivity index (χ1n) is 10.2. The number of anilines is 1. The van der Waals surface area contributed by atoms with Crippen LogP contribution in [0.15, 0.2) is 76.7 Å². The molecular formula is C23H21Cl2N3O4S2. The summed E-state index contributed by atoms with van der Waals surface area (Å²) >= 11 is 13.6. The first-order chi connectivity index (χ1) is 16.2. The van der Waals surface area contributed by atoms with Crippen LogP contribution in [0.2, 0.25) is 10.0 Å². The van der Waals surface area contributed by atoms with Gasteiger partial charge in [0.05, 0.1) is 26.8 Å². The van der Waals surface area contributed by atoms with Crippen molar-refractivity contribution in [2.75, 3.05) is 12.8 Å². The molecule has 2 N–H and O–H groups in total. The van der Waals surface area contributed by atoms with Gasteiger partial charge in [0.15, 0.2) is 0 Å². The minimum Gasteiger partial charge on any atom is -0.462 e. The van der Waals surface area contributed by atoms with Crippen molar-refractivity contribution in [1.82, 2.24) is 9.21 Å². The molecule has 2 aromatic rings. The molecule has 178 valence electrons. The van der Waals surface area contributed by atoms with Gasteiger partial charge in [0.25, 0.3) is 5.91 Å². The summed E-state index contributed by atoms with van der Waals surface area (Å²) in [7, 11) is -2.42. The number of ether oxygens (including phenoxy) is 1. The van der Waals surface area contributed by atoms with Crippen molar-refractivity contribution in [3.8, 4) is 0 Å². The van der Waals surface area contributed by atoms with E-state index in [1.165, 1.54) is 42.6 Å². The highest BCUT2D eigenvalue weighted by molar-refractivity contribution is 7.89. The second-order valence-electron chi connectivity index (χ2n) is 7.62. The molecule has 34 heavy (non-hydrogen) atoms. The van der Waals surface area contributed by atoms with Gasteiger partial charge in [-0.25, -0.2) is 8.42 Å². The summed E-state index contributed by atoms with van der Waals surface area (Å²) in [6, 6.07) is 4.13. The van der Waals surface area contributed by atoms with Crippen molar-refractivity contribution >= 4 is 56.2 Å². The van der Waals surface area contributed by atoms with Crippen molar-refractivity contribution in [1.29, 1.82) is 0 Å². The predicted molar refractivity (Wildman–Crippen MR) is 135 cm³/mol. The Hall–Kier alpha value is -2.56. The molecule has 7 nitrogen and oxygen atoms in total. The van der Waals surface area contributed by atoms with E-state index in [1.807, 2.05) is 12.2 Å². The number of hydrogen-bond donors (Lipinski definition) is 1. The van der Waals surface area contributed by atoms with Crippen LogP contribution in [-0.4, -0.2) is 30.6 Å². The number of carbonyl (C=O) groups excluding carboxylic acids is 1. The van der Waals surface area contributed by atoms with Crippen LogP contribution in [0, 0.1) is 0 Å². The Morgan fingerprint density at radius 3 is 2.82 bits per heavy atom. The number of sulfonamides is 1. The van der Waals surface area contributed by atoms with Crippen molar-refractivity contribution in [2.24, 2.45) is 0 Å². The van der Waals surface area contributed by atoms with E-state index < -0.39 is 10.0 Å². The number of allylic oxidation sites excluding steroid dienone is 4. The largest absolute Gasteiger partial charge is 0.462 e. The van der Waals surface area contributed by atoms with Gasteiger partial charge in [-0.05, 0) is 47.6 Å². The van der Waals surface area contributed by atoms with E-state index in [1.54, 1.807) is 11.6 Å². The summed E-state index contributed by atoms with van der Waals surface area (Å²) in [6.07, 6.45) is 12.3. The molecule has 0 unspecified atom stereocenters. The van der Waals surface area contributed by atoms with Gasteiger partial charge in [-0.1, -0.05) is 41.4 Å². The normalized spacial score (nSPS) is 15.8. The molecule has 0 radical (unpaired) electrons. The van der Waals surface area contributed by atoms with E-state index in [0.717, 1.165) is 34.1 Å². The van der Waals surface area contributed by atoms with Crippen LogP contribution in [0.1, 0.15) is 28.1 Å². The highest BCUT2D eigenvalue weighted by atomic mass is 35.5. The van der Waals surface area contributed by atoms with Crippen molar-refractivity contribution in [2.45, 2.75) is 24.3 Å². The van der Waals surface area contributed by atoms with E-state index in [4.69, 9.17) is 33.7 Å². The van der Waals surface area contributed by atoms with Crippen molar-refractivity contribution in [3.05, 3.63) is 92.3 Å². The van der Waals surface area contributed by atoms with Crippen LogP contribution < -0.4 is 5.73 Å². The van der Waals surface area contributed by atoms with Gasteiger partial charge in [-0.15, -0.1) is 11.3 Å². The number of halogens is 2. The average Bonchev–Trinajstić information content (AvgIpc) is 3.20. The molecule has 11 heteroatoms. The Morgan fingerprint density at radius 1 is 1.32 bits per heavy atom. The summed E-state index contributed by atoms with van der Waals surface area (Å²) in [4.78, 5) is 14.9. The lowest BCUT2D eigenvalue weighted by Crippen LogP contribution is -2.26. The molecule has 0 atom stereocenters. The van der Waals surface area contributed by atoms with Crippen LogP contribution in [0.4, 0.5) is 5.69 Å². The maximum absolute atomic E-state index is 13.1. The monoisotopic (exact) mass is 537 g/mol. The zero-order chi connectivity index (χ0) is 24.5. The van der Waals surface area contributed by atoms with Gasteiger partial charge in [0, 0.05) is 19.8 Å². The van der Waals surface area contributed by atoms with E-state index in [2.05, 4.69) is 6.08 Å². The van der Waals surface area contributed by atoms with E-state index in [0.29, 0.717) is 16.2 Å². The summed E-state index contributed by atoms with van der Waals surface area (Å²) < 4.78 is 32.6. The van der Waals surface area contributed by atoms with Crippen LogP contribution in [0.3, 0.4) is 0 Å². The van der Waals surface area contributed by atoms with Crippen LogP contribution in [0.25, 0.3) is 0 Å². The highest BCUT2D eigenvalue weighted by Crippen LogP contribution is 2.33. The average molecular weight is 538 g/mol. The zero-order valence-corrected chi connectivity index (χ0v) is 21.2. The van der Waals surface area contributed by atoms with Crippen LogP contribution in [0.5, 0.6) is 0 Å². The van der Waals surface area contributed by atoms with Crippen LogP contribution >= 0.6 is 34.5 Å². The standard InChI is InChI=1S/C23H21Cl2N3O4S2/c1-27(34(30,31)17-7-8-18(24)19(26)11-17)12-16-14-33-22(21(16)25)23(29)28-9-10-32-20(13-28)15-5-3-2-4-6-15/h2-3,5,7-11,13-14H,4,6,12,26H2,1H3. The van der Waals surface area contributed by atoms with Crippen molar-refractivity contribution in [3.63, 3.8) is 0 Å². The zero-order valence-electron chi connectivity index (χ0n) is 18.1. The summed E-state index contributed by atoms with van der Waals surface area (Å²) in [5.41, 5.74) is 7.44. The number of carbonyl (C=O) groups is 1. The Labute approximate surface area is 212 Å². The molecule has 1 aromatic heterocycles. The number of hydrogen-bond acceptors (Lipinski definition) is 6. The SMILES string of the molecule is CN(Cc1csc(C(=O)N2C=COC(C3=CC=CCC3)=C2)c1Cl)S(=O)(=O)c1ccc(Cl)c(N)c1. The topological polar surface area (TPSA) is 92.9 Å². The molecule has 2 aliphatic rings. The highest BCUT2D eigenvalue weighted by Gasteiger charge is 2.27. The van der Waals surface area contributed by atoms with Gasteiger partial charge in [-0.2, -0.15) is 4.31 Å². The second kappa shape index (κ2) is 9.97. The fourth-order valence-corrected chi connectivity index (χ4v) is 5.99. The predicted octanol–water partition coefficient (Wildman–Crippen LogP) is 5.52. The minimum absolute atomic E-state index is 0.0162. The second-order valence-corrected chi connectivity index (χ2v) is 11.3. The van der Waals surface area contributed by atoms with E-state index in [9.17, 15) is 13.2 Å². The Kier molecular flexibility index (Phi) is 7.20. The smallest absolute Gasteiger partial charge is 0.273 e. The lowest BCUT2D eigenvalue weighted by atomic mass is 10.0. The number of thiophene rings is 1. The summed E-state index contributed by atoms with van der Waals surface area (Å²) in [5.74, 6) is 0.266. The number of nitrogens with two attached hydrogens (primary N) is 1. The molecule has 0 saturated carbocycles. The molecule has 2 heterocycles. The van der Waals surface area contributed by atoms with Gasteiger partial charge in [0.1, 0.15) is 16.9 Å². The van der Waals surface area contributed by atoms with Gasteiger partial charge < -0.3 is 10.5 Å². The maximum Gasteiger partial charge on any atom is 0.273 e. The molecule has 0 fully saturated rings. The van der Waals surface area contributed by atoms with Crippen molar-refractivity contribution < 1.29 is 17.9 Å². The number of nitrogen functional groups attached to an aromatic ring is 1. The Balaban J connectivity index is 1.53. The first kappa shape index (κ1) is 24.6. The lowest BCUT2D eigenvalue weighted by molar-refractivity contribution is 0.0860. The third kappa shape index (κ3) is 4.94. The summed E-state index contributed by atoms with van der Waals surface area (Å²) in [5, 5.41) is 2.17. The number of nitrogens with zero attached hydrogens (tertiary/aromatic N) is 2. The fourth-order valence-electron chi connectivity index (χ4n) is 3.40. The van der Waals surface area contributed by atoms with Gasteiger partial charge in [-0.3, -0.25) is 9.69 Å². The Morgan fingerprint density at radius 2 is 2.12 bits per heavy atom. The molecule has 0 spiro atoms. The number of benzene rings is 1.